The minimum Gasteiger partial charge on any atom is -0.317 e. The van der Waals surface area contributed by atoms with Gasteiger partial charge in [0.2, 0.25) is 0 Å². The van der Waals surface area contributed by atoms with Crippen molar-refractivity contribution in [2.45, 2.75) is 65.3 Å². The Labute approximate surface area is 89.7 Å². The van der Waals surface area contributed by atoms with Gasteiger partial charge in [0, 0.05) is 6.04 Å². The van der Waals surface area contributed by atoms with Crippen LogP contribution in [0.3, 0.4) is 0 Å². The second-order valence-electron chi connectivity index (χ2n) is 5.23. The van der Waals surface area contributed by atoms with E-state index in [9.17, 15) is 0 Å². The fourth-order valence-corrected chi connectivity index (χ4v) is 2.61. The molecule has 0 aliphatic heterocycles. The van der Waals surface area contributed by atoms with Crippen LogP contribution < -0.4 is 5.32 Å². The molecule has 2 atom stereocenters. The van der Waals surface area contributed by atoms with Crippen LogP contribution in [0.5, 0.6) is 0 Å². The van der Waals surface area contributed by atoms with Crippen LogP contribution in [0.25, 0.3) is 0 Å². The summed E-state index contributed by atoms with van der Waals surface area (Å²) in [5.74, 6) is 0.977. The predicted molar refractivity (Wildman–Crippen MR) is 63.5 cm³/mol. The lowest BCUT2D eigenvalue weighted by Crippen LogP contribution is -2.25. The van der Waals surface area contributed by atoms with Crippen LogP contribution in [-0.2, 0) is 0 Å². The maximum Gasteiger partial charge on any atom is 0.00615 e. The zero-order valence-corrected chi connectivity index (χ0v) is 10.4. The van der Waals surface area contributed by atoms with E-state index in [-0.39, 0.29) is 0 Å². The summed E-state index contributed by atoms with van der Waals surface area (Å²) >= 11 is 0. The number of nitrogens with one attached hydrogen (secondary N) is 1. The highest BCUT2D eigenvalue weighted by Gasteiger charge is 2.43. The van der Waals surface area contributed by atoms with E-state index in [2.05, 4.69) is 33.1 Å². The molecule has 0 amide bonds. The summed E-state index contributed by atoms with van der Waals surface area (Å²) in [6.07, 6.45) is 8.37. The van der Waals surface area contributed by atoms with E-state index in [0.29, 0.717) is 0 Å². The highest BCUT2D eigenvalue weighted by molar-refractivity contribution is 4.94. The fourth-order valence-electron chi connectivity index (χ4n) is 2.61. The summed E-state index contributed by atoms with van der Waals surface area (Å²) in [7, 11) is 2.09. The van der Waals surface area contributed by atoms with Crippen molar-refractivity contribution in [3.63, 3.8) is 0 Å². The Bertz CT molecular complexity index is 157. The minimum atomic E-state index is 0.723. The van der Waals surface area contributed by atoms with Crippen LogP contribution in [0.4, 0.5) is 0 Å². The highest BCUT2D eigenvalue weighted by Crippen LogP contribution is 2.54. The molecule has 1 rings (SSSR count). The molecular weight excluding hydrogens is 170 g/mol. The molecule has 0 radical (unpaired) electrons. The average molecular weight is 197 g/mol. The number of hydrogen-bond donors (Lipinski definition) is 1. The molecule has 0 aromatic heterocycles. The van der Waals surface area contributed by atoms with Crippen LogP contribution in [0.15, 0.2) is 0 Å². The van der Waals surface area contributed by atoms with E-state index in [1.165, 1.54) is 38.5 Å². The summed E-state index contributed by atoms with van der Waals surface area (Å²) in [6, 6.07) is 0.742. The molecule has 0 spiro atoms. The molecule has 1 aliphatic carbocycles. The summed E-state index contributed by atoms with van der Waals surface area (Å²) in [5.41, 5.74) is 0.723. The molecular formula is C13H27N. The fraction of sp³-hybridized carbons (Fsp3) is 1.00. The Kier molecular flexibility index (Phi) is 4.43. The first-order valence-corrected chi connectivity index (χ1v) is 6.33. The molecule has 84 valence electrons. The minimum absolute atomic E-state index is 0.723. The second-order valence-corrected chi connectivity index (χ2v) is 5.23. The van der Waals surface area contributed by atoms with Gasteiger partial charge in [-0.15, -0.1) is 0 Å². The van der Waals surface area contributed by atoms with E-state index >= 15 is 0 Å². The van der Waals surface area contributed by atoms with Gasteiger partial charge in [-0.05, 0) is 50.5 Å². The highest BCUT2D eigenvalue weighted by atomic mass is 14.9. The standard InChI is InChI=1S/C13H27N/c1-5-11(13(3)9-10-13)7-8-12(6-2)14-4/h11-12,14H,5-10H2,1-4H3. The largest absolute Gasteiger partial charge is 0.317 e. The van der Waals surface area contributed by atoms with Crippen LogP contribution in [0, 0.1) is 11.3 Å². The topological polar surface area (TPSA) is 12.0 Å². The van der Waals surface area contributed by atoms with Gasteiger partial charge in [-0.1, -0.05) is 27.2 Å². The van der Waals surface area contributed by atoms with Crippen molar-refractivity contribution >= 4 is 0 Å². The smallest absolute Gasteiger partial charge is 0.00615 e. The van der Waals surface area contributed by atoms with Crippen LogP contribution in [-0.4, -0.2) is 13.1 Å². The Hall–Kier alpha value is -0.0400. The zero-order valence-electron chi connectivity index (χ0n) is 10.4. The molecule has 1 fully saturated rings. The molecule has 1 heteroatoms. The van der Waals surface area contributed by atoms with Crippen LogP contribution in [0.2, 0.25) is 0 Å². The summed E-state index contributed by atoms with van der Waals surface area (Å²) in [6.45, 7) is 7.11. The van der Waals surface area contributed by atoms with Crippen molar-refractivity contribution in [3.8, 4) is 0 Å². The lowest BCUT2D eigenvalue weighted by molar-refractivity contribution is 0.282. The van der Waals surface area contributed by atoms with E-state index in [0.717, 1.165) is 17.4 Å². The third-order valence-electron chi connectivity index (χ3n) is 4.28. The molecule has 14 heavy (non-hydrogen) atoms. The monoisotopic (exact) mass is 197 g/mol. The Morgan fingerprint density at radius 1 is 1.14 bits per heavy atom. The molecule has 1 aliphatic rings. The zero-order chi connectivity index (χ0) is 10.6. The average Bonchev–Trinajstić information content (AvgIpc) is 2.92. The van der Waals surface area contributed by atoms with Crippen LogP contribution in [0.1, 0.15) is 59.3 Å². The van der Waals surface area contributed by atoms with Crippen molar-refractivity contribution in [1.82, 2.24) is 5.32 Å². The quantitative estimate of drug-likeness (QED) is 0.657. The molecule has 1 nitrogen and oxygen atoms in total. The van der Waals surface area contributed by atoms with E-state index < -0.39 is 0 Å². The number of hydrogen-bond acceptors (Lipinski definition) is 1. The van der Waals surface area contributed by atoms with Gasteiger partial charge in [0.25, 0.3) is 0 Å². The van der Waals surface area contributed by atoms with E-state index in [4.69, 9.17) is 0 Å². The van der Waals surface area contributed by atoms with Gasteiger partial charge in [0.05, 0.1) is 0 Å². The Morgan fingerprint density at radius 2 is 1.79 bits per heavy atom. The molecule has 0 bridgehead atoms. The lowest BCUT2D eigenvalue weighted by atomic mass is 9.83. The third-order valence-corrected chi connectivity index (χ3v) is 4.28. The predicted octanol–water partition coefficient (Wildman–Crippen LogP) is 3.59. The van der Waals surface area contributed by atoms with Crippen molar-refractivity contribution in [3.05, 3.63) is 0 Å². The molecule has 2 unspecified atom stereocenters. The molecule has 0 heterocycles. The molecule has 0 saturated heterocycles. The first-order valence-electron chi connectivity index (χ1n) is 6.33. The lowest BCUT2D eigenvalue weighted by Gasteiger charge is -2.24. The van der Waals surface area contributed by atoms with Gasteiger partial charge >= 0.3 is 0 Å². The maximum absolute atomic E-state index is 3.40. The SMILES string of the molecule is CCC(CCC(CC)C1(C)CC1)NC. The molecule has 1 saturated carbocycles. The Balaban J connectivity index is 2.27. The first-order chi connectivity index (χ1) is 6.66. The summed E-state index contributed by atoms with van der Waals surface area (Å²) in [5, 5.41) is 3.40. The van der Waals surface area contributed by atoms with Gasteiger partial charge in [-0.3, -0.25) is 0 Å². The summed E-state index contributed by atoms with van der Waals surface area (Å²) in [4.78, 5) is 0. The summed E-state index contributed by atoms with van der Waals surface area (Å²) < 4.78 is 0. The first kappa shape index (κ1) is 12.0. The van der Waals surface area contributed by atoms with Gasteiger partial charge in [-0.25, -0.2) is 0 Å². The number of rotatable bonds is 7. The third kappa shape index (κ3) is 2.98. The van der Waals surface area contributed by atoms with E-state index in [1.807, 2.05) is 0 Å². The van der Waals surface area contributed by atoms with Gasteiger partial charge < -0.3 is 5.32 Å². The van der Waals surface area contributed by atoms with Crippen molar-refractivity contribution in [2.24, 2.45) is 11.3 Å². The van der Waals surface area contributed by atoms with E-state index in [1.54, 1.807) is 0 Å². The molecule has 1 N–H and O–H groups in total. The Morgan fingerprint density at radius 3 is 2.14 bits per heavy atom. The molecule has 0 aromatic rings. The van der Waals surface area contributed by atoms with Crippen molar-refractivity contribution in [2.75, 3.05) is 7.05 Å². The van der Waals surface area contributed by atoms with Crippen molar-refractivity contribution in [1.29, 1.82) is 0 Å². The molecule has 0 aromatic carbocycles. The van der Waals surface area contributed by atoms with Crippen LogP contribution >= 0.6 is 0 Å². The van der Waals surface area contributed by atoms with Gasteiger partial charge in [-0.2, -0.15) is 0 Å². The van der Waals surface area contributed by atoms with Gasteiger partial charge in [0.15, 0.2) is 0 Å². The maximum atomic E-state index is 3.40. The second kappa shape index (κ2) is 5.16. The normalized spacial score (nSPS) is 23.1. The van der Waals surface area contributed by atoms with Gasteiger partial charge in [0.1, 0.15) is 0 Å². The van der Waals surface area contributed by atoms with Crippen molar-refractivity contribution < 1.29 is 0 Å².